The summed E-state index contributed by atoms with van der Waals surface area (Å²) in [7, 11) is 0. The molecule has 1 amide bonds. The average molecular weight is 263 g/mol. The van der Waals surface area contributed by atoms with Crippen molar-refractivity contribution in [2.75, 3.05) is 6.54 Å². The number of hydrogen-bond acceptors (Lipinski definition) is 3. The minimum atomic E-state index is -1.19. The van der Waals surface area contributed by atoms with E-state index < -0.39 is 12.0 Å². The van der Waals surface area contributed by atoms with Gasteiger partial charge < -0.3 is 16.2 Å². The predicted molar refractivity (Wildman–Crippen MR) is 63.4 cm³/mol. The van der Waals surface area contributed by atoms with E-state index in [-0.39, 0.29) is 13.1 Å². The summed E-state index contributed by atoms with van der Waals surface area (Å²) in [5, 5.41) is 12.6. The van der Waals surface area contributed by atoms with Crippen LogP contribution in [0.15, 0.2) is 18.2 Å². The van der Waals surface area contributed by atoms with E-state index in [1.807, 2.05) is 0 Å². The number of nitrogens with one attached hydrogen (secondary N) is 1. The number of nitrogens with two attached hydrogens (primary N) is 1. The third-order valence-electron chi connectivity index (χ3n) is 1.99. The van der Waals surface area contributed by atoms with Gasteiger partial charge in [-0.15, -0.1) is 0 Å². The molecule has 0 aliphatic carbocycles. The van der Waals surface area contributed by atoms with Crippen molar-refractivity contribution in [2.24, 2.45) is 5.73 Å². The molecule has 1 aromatic carbocycles. The van der Waals surface area contributed by atoms with Crippen molar-refractivity contribution < 1.29 is 9.90 Å². The van der Waals surface area contributed by atoms with Gasteiger partial charge in [0.2, 0.25) is 5.91 Å². The van der Waals surface area contributed by atoms with Crippen molar-refractivity contribution in [1.29, 1.82) is 0 Å². The van der Waals surface area contributed by atoms with E-state index in [0.717, 1.165) is 5.56 Å². The number of hydrogen-bond donors (Lipinski definition) is 3. The van der Waals surface area contributed by atoms with Gasteiger partial charge in [-0.25, -0.2) is 0 Å². The van der Waals surface area contributed by atoms with Crippen molar-refractivity contribution in [3.63, 3.8) is 0 Å². The van der Waals surface area contributed by atoms with Crippen molar-refractivity contribution in [2.45, 2.75) is 12.6 Å². The summed E-state index contributed by atoms with van der Waals surface area (Å²) >= 11 is 11.6. The van der Waals surface area contributed by atoms with E-state index in [1.54, 1.807) is 18.2 Å². The number of halogens is 2. The second-order valence-electron chi connectivity index (χ2n) is 3.21. The van der Waals surface area contributed by atoms with Gasteiger partial charge in [0.05, 0.1) is 0 Å². The third-order valence-corrected chi connectivity index (χ3v) is 2.58. The van der Waals surface area contributed by atoms with Gasteiger partial charge in [0.1, 0.15) is 6.10 Å². The maximum atomic E-state index is 11.2. The molecule has 88 valence electrons. The SMILES string of the molecule is NCC(O)C(=O)NCc1ccc(Cl)cc1Cl. The van der Waals surface area contributed by atoms with Gasteiger partial charge in [-0.1, -0.05) is 29.3 Å². The lowest BCUT2D eigenvalue weighted by Crippen LogP contribution is -2.38. The largest absolute Gasteiger partial charge is 0.382 e. The molecule has 6 heteroatoms. The van der Waals surface area contributed by atoms with Crippen molar-refractivity contribution in [1.82, 2.24) is 5.32 Å². The number of benzene rings is 1. The molecule has 1 aromatic rings. The molecule has 0 saturated carbocycles. The Morgan fingerprint density at radius 1 is 1.50 bits per heavy atom. The van der Waals surface area contributed by atoms with Crippen LogP contribution in [0.2, 0.25) is 10.0 Å². The number of carbonyl (C=O) groups is 1. The molecule has 16 heavy (non-hydrogen) atoms. The highest BCUT2D eigenvalue weighted by molar-refractivity contribution is 6.35. The summed E-state index contributed by atoms with van der Waals surface area (Å²) in [5.41, 5.74) is 5.86. The van der Waals surface area contributed by atoms with E-state index in [0.29, 0.717) is 10.0 Å². The first kappa shape index (κ1) is 13.3. The molecule has 0 radical (unpaired) electrons. The molecule has 1 atom stereocenters. The van der Waals surface area contributed by atoms with E-state index in [4.69, 9.17) is 34.0 Å². The Balaban J connectivity index is 2.58. The minimum Gasteiger partial charge on any atom is -0.382 e. The van der Waals surface area contributed by atoms with E-state index in [2.05, 4.69) is 5.32 Å². The number of amides is 1. The van der Waals surface area contributed by atoms with E-state index >= 15 is 0 Å². The molecular formula is C10H12Cl2N2O2. The lowest BCUT2D eigenvalue weighted by atomic mass is 10.2. The van der Waals surface area contributed by atoms with Crippen LogP contribution in [0.25, 0.3) is 0 Å². The third kappa shape index (κ3) is 3.64. The van der Waals surface area contributed by atoms with Crippen LogP contribution < -0.4 is 11.1 Å². The van der Waals surface area contributed by atoms with E-state index in [9.17, 15) is 4.79 Å². The van der Waals surface area contributed by atoms with Gasteiger partial charge in [-0.2, -0.15) is 0 Å². The summed E-state index contributed by atoms with van der Waals surface area (Å²) in [6.45, 7) is 0.117. The molecule has 4 N–H and O–H groups in total. The molecule has 1 unspecified atom stereocenters. The monoisotopic (exact) mass is 262 g/mol. The fourth-order valence-electron chi connectivity index (χ4n) is 1.07. The highest BCUT2D eigenvalue weighted by Gasteiger charge is 2.12. The standard InChI is InChI=1S/C10H12Cl2N2O2/c11-7-2-1-6(8(12)3-7)5-14-10(16)9(15)4-13/h1-3,9,15H,4-5,13H2,(H,14,16). The average Bonchev–Trinajstić information content (AvgIpc) is 2.26. The second kappa shape index (κ2) is 6.06. The molecule has 0 bridgehead atoms. The molecule has 4 nitrogen and oxygen atoms in total. The fourth-order valence-corrected chi connectivity index (χ4v) is 1.55. The predicted octanol–water partition coefficient (Wildman–Crippen LogP) is 0.929. The van der Waals surface area contributed by atoms with Gasteiger partial charge in [0.15, 0.2) is 0 Å². The normalized spacial score (nSPS) is 12.2. The van der Waals surface area contributed by atoms with Crippen molar-refractivity contribution >= 4 is 29.1 Å². The van der Waals surface area contributed by atoms with Gasteiger partial charge >= 0.3 is 0 Å². The highest BCUT2D eigenvalue weighted by Crippen LogP contribution is 2.20. The van der Waals surface area contributed by atoms with Crippen LogP contribution >= 0.6 is 23.2 Å². The first-order chi connectivity index (χ1) is 7.54. The minimum absolute atomic E-state index is 0.111. The van der Waals surface area contributed by atoms with Gasteiger partial charge in [0.25, 0.3) is 0 Å². The van der Waals surface area contributed by atoms with Crippen LogP contribution in [0.3, 0.4) is 0 Å². The number of aliphatic hydroxyl groups excluding tert-OH is 1. The van der Waals surface area contributed by atoms with Crippen LogP contribution in [-0.2, 0) is 11.3 Å². The molecular weight excluding hydrogens is 251 g/mol. The van der Waals surface area contributed by atoms with Crippen molar-refractivity contribution in [3.8, 4) is 0 Å². The summed E-state index contributed by atoms with van der Waals surface area (Å²) in [6, 6.07) is 4.97. The number of aliphatic hydroxyl groups is 1. The number of rotatable bonds is 4. The lowest BCUT2D eigenvalue weighted by Gasteiger charge is -2.10. The fraction of sp³-hybridized carbons (Fsp3) is 0.300. The summed E-state index contributed by atoms with van der Waals surface area (Å²) in [4.78, 5) is 11.2. The quantitative estimate of drug-likeness (QED) is 0.756. The molecule has 0 aliphatic rings. The first-order valence-electron chi connectivity index (χ1n) is 4.64. The second-order valence-corrected chi connectivity index (χ2v) is 4.05. The van der Waals surface area contributed by atoms with Crippen LogP contribution in [0.1, 0.15) is 5.56 Å². The maximum absolute atomic E-state index is 11.2. The molecule has 0 fully saturated rings. The van der Waals surface area contributed by atoms with Crippen LogP contribution in [0.4, 0.5) is 0 Å². The summed E-state index contributed by atoms with van der Waals surface area (Å²) in [6.07, 6.45) is -1.19. The molecule has 0 aromatic heterocycles. The molecule has 1 rings (SSSR count). The maximum Gasteiger partial charge on any atom is 0.250 e. The highest BCUT2D eigenvalue weighted by atomic mass is 35.5. The Morgan fingerprint density at radius 3 is 2.75 bits per heavy atom. The topological polar surface area (TPSA) is 75.3 Å². The van der Waals surface area contributed by atoms with Gasteiger partial charge in [-0.05, 0) is 17.7 Å². The molecule has 0 heterocycles. The summed E-state index contributed by atoms with van der Waals surface area (Å²) in [5.74, 6) is -0.520. The van der Waals surface area contributed by atoms with Crippen molar-refractivity contribution in [3.05, 3.63) is 33.8 Å². The number of carbonyl (C=O) groups excluding carboxylic acids is 1. The van der Waals surface area contributed by atoms with Gasteiger partial charge in [-0.3, -0.25) is 4.79 Å². The molecule has 0 aliphatic heterocycles. The van der Waals surface area contributed by atoms with Crippen LogP contribution in [0.5, 0.6) is 0 Å². The Kier molecular flexibility index (Phi) is 5.02. The van der Waals surface area contributed by atoms with E-state index in [1.165, 1.54) is 0 Å². The first-order valence-corrected chi connectivity index (χ1v) is 5.40. The lowest BCUT2D eigenvalue weighted by molar-refractivity contribution is -0.128. The zero-order chi connectivity index (χ0) is 12.1. The smallest absolute Gasteiger partial charge is 0.250 e. The Hall–Kier alpha value is -0.810. The van der Waals surface area contributed by atoms with Crippen LogP contribution in [-0.4, -0.2) is 23.7 Å². The zero-order valence-corrected chi connectivity index (χ0v) is 9.92. The zero-order valence-electron chi connectivity index (χ0n) is 8.41. The Morgan fingerprint density at radius 2 is 2.19 bits per heavy atom. The van der Waals surface area contributed by atoms with Gasteiger partial charge in [0, 0.05) is 23.1 Å². The Bertz CT molecular complexity index is 385. The molecule has 0 spiro atoms. The Labute approximate surface area is 103 Å². The van der Waals surface area contributed by atoms with Crippen LogP contribution in [0, 0.1) is 0 Å². The summed E-state index contributed by atoms with van der Waals surface area (Å²) < 4.78 is 0. The molecule has 0 saturated heterocycles.